The molecular formula is C28H30O7. The smallest absolute Gasteiger partial charge is 0.344 e. The molecule has 1 atom stereocenters. The molecule has 2 aromatic rings. The average Bonchev–Trinajstić information content (AvgIpc) is 2.78. The molecule has 1 aliphatic rings. The van der Waals surface area contributed by atoms with Crippen LogP contribution in [-0.2, 0) is 14.9 Å². The number of allylic oxidation sites excluding steroid dienone is 2. The van der Waals surface area contributed by atoms with E-state index in [9.17, 15) is 24.6 Å². The molecule has 0 saturated carbocycles. The number of phenols is 2. The van der Waals surface area contributed by atoms with Crippen molar-refractivity contribution >= 4 is 17.5 Å². The maximum absolute atomic E-state index is 13.2. The molecule has 0 heterocycles. The van der Waals surface area contributed by atoms with E-state index in [1.165, 1.54) is 0 Å². The monoisotopic (exact) mass is 478 g/mol. The predicted molar refractivity (Wildman–Crippen MR) is 131 cm³/mol. The van der Waals surface area contributed by atoms with Crippen molar-refractivity contribution in [1.29, 1.82) is 0 Å². The zero-order valence-electron chi connectivity index (χ0n) is 20.5. The average molecular weight is 479 g/mol. The zero-order valence-corrected chi connectivity index (χ0v) is 20.5. The molecule has 0 amide bonds. The van der Waals surface area contributed by atoms with Gasteiger partial charge in [0.25, 0.3) is 0 Å². The number of ketones is 2. The van der Waals surface area contributed by atoms with Crippen molar-refractivity contribution in [3.8, 4) is 17.2 Å². The molecular weight excluding hydrogens is 448 g/mol. The van der Waals surface area contributed by atoms with Crippen LogP contribution in [-0.4, -0.2) is 40.5 Å². The quantitative estimate of drug-likeness (QED) is 0.326. The number of rotatable bonds is 7. The number of esters is 1. The van der Waals surface area contributed by atoms with Gasteiger partial charge in [-0.15, -0.1) is 0 Å². The Balaban J connectivity index is 1.79. The van der Waals surface area contributed by atoms with Gasteiger partial charge in [-0.25, -0.2) is 4.79 Å². The lowest BCUT2D eigenvalue weighted by Crippen LogP contribution is -2.30. The molecule has 0 fully saturated rings. The predicted octanol–water partition coefficient (Wildman–Crippen LogP) is 5.05. The van der Waals surface area contributed by atoms with E-state index in [0.29, 0.717) is 5.75 Å². The fraction of sp³-hybridized carbons (Fsp3) is 0.321. The molecule has 2 N–H and O–H groups in total. The van der Waals surface area contributed by atoms with Gasteiger partial charge >= 0.3 is 5.97 Å². The molecule has 0 spiro atoms. The molecule has 1 aliphatic carbocycles. The summed E-state index contributed by atoms with van der Waals surface area (Å²) in [5, 5.41) is 20.2. The van der Waals surface area contributed by atoms with E-state index in [0.717, 1.165) is 29.3 Å². The molecule has 2 aromatic carbocycles. The third kappa shape index (κ3) is 5.98. The number of hydrogen-bond acceptors (Lipinski definition) is 7. The molecule has 0 unspecified atom stereocenters. The fourth-order valence-electron chi connectivity index (χ4n) is 3.69. The van der Waals surface area contributed by atoms with Crippen LogP contribution in [0.25, 0.3) is 0 Å². The van der Waals surface area contributed by atoms with Gasteiger partial charge in [0, 0.05) is 12.0 Å². The van der Waals surface area contributed by atoms with Crippen LogP contribution in [0.2, 0.25) is 0 Å². The number of ether oxygens (including phenoxy) is 2. The Morgan fingerprint density at radius 2 is 1.57 bits per heavy atom. The summed E-state index contributed by atoms with van der Waals surface area (Å²) in [4.78, 5) is 38.4. The molecule has 35 heavy (non-hydrogen) atoms. The summed E-state index contributed by atoms with van der Waals surface area (Å²) in [6, 6.07) is 9.67. The highest BCUT2D eigenvalue weighted by Crippen LogP contribution is 2.36. The number of Topliss-reactive ketones (excluding diaryl/α,β-unsaturated/α-hetero) is 1. The first kappa shape index (κ1) is 25.7. The van der Waals surface area contributed by atoms with Crippen LogP contribution in [0.4, 0.5) is 0 Å². The Kier molecular flexibility index (Phi) is 7.48. The minimum absolute atomic E-state index is 0.0167. The summed E-state index contributed by atoms with van der Waals surface area (Å²) in [6.45, 7) is 9.60. The second-order valence-corrected chi connectivity index (χ2v) is 9.71. The number of benzene rings is 2. The highest BCUT2D eigenvalue weighted by Gasteiger charge is 2.35. The van der Waals surface area contributed by atoms with Gasteiger partial charge < -0.3 is 19.7 Å². The normalized spacial score (nSPS) is 14.0. The van der Waals surface area contributed by atoms with Crippen LogP contribution < -0.4 is 4.74 Å². The molecule has 0 aromatic heterocycles. The molecule has 0 bridgehead atoms. The lowest BCUT2D eigenvalue weighted by Gasteiger charge is -2.23. The molecule has 0 radical (unpaired) electrons. The van der Waals surface area contributed by atoms with E-state index in [2.05, 4.69) is 20.8 Å². The number of carbonyl (C=O) groups excluding carboxylic acids is 3. The van der Waals surface area contributed by atoms with Crippen LogP contribution in [0.3, 0.4) is 0 Å². The van der Waals surface area contributed by atoms with Crippen LogP contribution >= 0.6 is 0 Å². The standard InChI is InChI=1S/C28H30O7/c1-16(2)6-13-23(19-14-22(31)25-20(29)11-12-21(30)26(25)27(19)33)35-24(32)15-34-18-9-7-17(8-10-18)28(3,4)5/h6-12,14,23,29-30H,13,15H2,1-5H3/t23-/m1/s1. The first-order valence-corrected chi connectivity index (χ1v) is 11.3. The number of aromatic hydroxyl groups is 2. The van der Waals surface area contributed by atoms with Crippen LogP contribution in [0, 0.1) is 0 Å². The SMILES string of the molecule is CC(C)=CC[C@@H](OC(=O)COc1ccc(C(C)(C)C)cc1)C1=CC(=O)c2c(O)ccc(O)c2C1=O. The summed E-state index contributed by atoms with van der Waals surface area (Å²) in [6.07, 6.45) is 1.90. The summed E-state index contributed by atoms with van der Waals surface area (Å²) in [7, 11) is 0. The highest BCUT2D eigenvalue weighted by atomic mass is 16.6. The van der Waals surface area contributed by atoms with Gasteiger partial charge in [0.15, 0.2) is 18.2 Å². The van der Waals surface area contributed by atoms with Crippen LogP contribution in [0.5, 0.6) is 17.2 Å². The highest BCUT2D eigenvalue weighted by molar-refractivity contribution is 6.27. The summed E-state index contributed by atoms with van der Waals surface area (Å²) >= 11 is 0. The van der Waals surface area contributed by atoms with Gasteiger partial charge in [0.05, 0.1) is 11.1 Å². The van der Waals surface area contributed by atoms with Crippen molar-refractivity contribution in [1.82, 2.24) is 0 Å². The first-order chi connectivity index (χ1) is 16.4. The molecule has 0 saturated heterocycles. The second kappa shape index (κ2) is 10.2. The van der Waals surface area contributed by atoms with Gasteiger partial charge in [0.1, 0.15) is 23.4 Å². The van der Waals surface area contributed by atoms with Gasteiger partial charge in [-0.2, -0.15) is 0 Å². The van der Waals surface area contributed by atoms with E-state index in [1.807, 2.05) is 26.0 Å². The van der Waals surface area contributed by atoms with E-state index >= 15 is 0 Å². The Morgan fingerprint density at radius 3 is 2.14 bits per heavy atom. The van der Waals surface area contributed by atoms with E-state index in [4.69, 9.17) is 9.47 Å². The fourth-order valence-corrected chi connectivity index (χ4v) is 3.69. The molecule has 184 valence electrons. The second-order valence-electron chi connectivity index (χ2n) is 9.71. The third-order valence-electron chi connectivity index (χ3n) is 5.62. The van der Waals surface area contributed by atoms with Crippen molar-refractivity contribution in [2.75, 3.05) is 6.61 Å². The number of fused-ring (bicyclic) bond motifs is 1. The summed E-state index contributed by atoms with van der Waals surface area (Å²) < 4.78 is 11.1. The lowest BCUT2D eigenvalue weighted by atomic mass is 9.85. The minimum atomic E-state index is -1.07. The first-order valence-electron chi connectivity index (χ1n) is 11.3. The number of carbonyl (C=O) groups is 3. The van der Waals surface area contributed by atoms with Crippen LogP contribution in [0.1, 0.15) is 67.3 Å². The molecule has 7 heteroatoms. The largest absolute Gasteiger partial charge is 0.507 e. The number of phenolic OH excluding ortho intramolecular Hbond substituents is 2. The van der Waals surface area contributed by atoms with E-state index in [-0.39, 0.29) is 28.5 Å². The molecule has 3 rings (SSSR count). The van der Waals surface area contributed by atoms with Crippen molar-refractivity contribution in [2.24, 2.45) is 0 Å². The summed E-state index contributed by atoms with van der Waals surface area (Å²) in [5.74, 6) is -2.41. The number of hydrogen-bond donors (Lipinski definition) is 2. The Bertz CT molecular complexity index is 1210. The lowest BCUT2D eigenvalue weighted by molar-refractivity contribution is -0.149. The van der Waals surface area contributed by atoms with Crippen LogP contribution in [0.15, 0.2) is 59.7 Å². The summed E-state index contributed by atoms with van der Waals surface area (Å²) in [5.41, 5.74) is 1.38. The van der Waals surface area contributed by atoms with Crippen molar-refractivity contribution < 1.29 is 34.1 Å². The molecule has 0 aliphatic heterocycles. The van der Waals surface area contributed by atoms with Gasteiger partial charge in [-0.3, -0.25) is 9.59 Å². The van der Waals surface area contributed by atoms with Crippen molar-refractivity contribution in [3.63, 3.8) is 0 Å². The minimum Gasteiger partial charge on any atom is -0.507 e. The topological polar surface area (TPSA) is 110 Å². The maximum atomic E-state index is 13.2. The Morgan fingerprint density at radius 1 is 0.971 bits per heavy atom. The van der Waals surface area contributed by atoms with Gasteiger partial charge in [0.2, 0.25) is 0 Å². The Hall–Kier alpha value is -3.87. The van der Waals surface area contributed by atoms with Crippen molar-refractivity contribution in [3.05, 3.63) is 76.4 Å². The molecule has 7 nitrogen and oxygen atoms in total. The van der Waals surface area contributed by atoms with Crippen molar-refractivity contribution in [2.45, 2.75) is 52.6 Å². The third-order valence-corrected chi connectivity index (χ3v) is 5.62. The maximum Gasteiger partial charge on any atom is 0.344 e. The zero-order chi connectivity index (χ0) is 25.9. The Labute approximate surface area is 204 Å². The van der Waals surface area contributed by atoms with Gasteiger partial charge in [-0.1, -0.05) is 44.6 Å². The van der Waals surface area contributed by atoms with E-state index < -0.39 is 41.7 Å². The van der Waals surface area contributed by atoms with E-state index in [1.54, 1.807) is 18.2 Å². The van der Waals surface area contributed by atoms with Gasteiger partial charge in [-0.05, 0) is 55.2 Å².